The molecular weight excluding hydrogens is 306 g/mol. The Kier molecular flexibility index (Phi) is 1.67. The van der Waals surface area contributed by atoms with Crippen molar-refractivity contribution in [1.29, 1.82) is 0 Å². The van der Waals surface area contributed by atoms with Crippen LogP contribution in [0.15, 0.2) is 12.1 Å². The fourth-order valence-corrected chi connectivity index (χ4v) is 2.78. The number of ether oxygens (including phenoxy) is 2. The third kappa shape index (κ3) is 3.28. The van der Waals surface area contributed by atoms with Gasteiger partial charge in [0.1, 0.15) is 5.78 Å². The molecule has 5 nitrogen and oxygen atoms in total. The fourth-order valence-electron chi connectivity index (χ4n) is 2.78. The first-order chi connectivity index (χ1) is 17.5. The number of carbonyl (C=O) groups excluding carboxylic acids is 1. The number of piperidine rings is 1. The number of benzene rings is 1. The first-order valence-corrected chi connectivity index (χ1v) is 7.13. The summed E-state index contributed by atoms with van der Waals surface area (Å²) in [4.78, 5) is 14.3. The van der Waals surface area contributed by atoms with Gasteiger partial charge in [-0.1, -0.05) is 0 Å². The van der Waals surface area contributed by atoms with E-state index in [0.29, 0.717) is 11.8 Å². The van der Waals surface area contributed by atoms with Gasteiger partial charge in [-0.05, 0) is 49.8 Å². The average Bonchev–Trinajstić information content (AvgIpc) is 2.73. The molecule has 0 radical (unpaired) electrons. The standard InChI is InChI=1S/C19H27NO4/c1-19(2,22)10-13-11-20-6-5-12-7-17(23-3)18(24-4)8-14(12)15(20)9-16(13)21/h7-8,13,15,22H,5-6,9-11H2,1-4H3/t13-,15-/m0/s1/i1D3,3D3,4D3,9D2,10D2,11D2,13D/t13-,15-,19?. The summed E-state index contributed by atoms with van der Waals surface area (Å²) >= 11 is 0. The van der Waals surface area contributed by atoms with Crippen LogP contribution in [-0.2, 0) is 11.2 Å². The molecular formula is C19H27NO4. The van der Waals surface area contributed by atoms with E-state index in [-0.39, 0.29) is 17.5 Å². The van der Waals surface area contributed by atoms with Crippen LogP contribution in [-0.4, -0.2) is 48.5 Å². The predicted molar refractivity (Wildman–Crippen MR) is 91.6 cm³/mol. The molecule has 0 saturated carbocycles. The molecule has 3 rings (SSSR count). The van der Waals surface area contributed by atoms with Crippen molar-refractivity contribution in [3.8, 4) is 11.5 Å². The van der Waals surface area contributed by atoms with Crippen LogP contribution in [0.1, 0.15) is 65.6 Å². The molecule has 1 aromatic rings. The van der Waals surface area contributed by atoms with Crippen molar-refractivity contribution in [3.63, 3.8) is 0 Å². The van der Waals surface area contributed by atoms with Crippen molar-refractivity contribution in [2.45, 2.75) is 44.6 Å². The third-order valence-corrected chi connectivity index (χ3v) is 3.77. The highest BCUT2D eigenvalue weighted by Gasteiger charge is 2.40. The van der Waals surface area contributed by atoms with Crippen LogP contribution in [0.5, 0.6) is 11.5 Å². The van der Waals surface area contributed by atoms with E-state index >= 15 is 0 Å². The number of Topliss-reactive ketones (excluding diaryl/α,β-unsaturated/α-hetero) is 1. The molecule has 0 amide bonds. The average molecular weight is 350 g/mol. The SMILES string of the molecule is [2H]C([2H])([2H])Oc1cc2c(cc1OC([2H])([2H])[2H])[C@H]1N(CC2)C([2H])([2H])[C@]([2H])(C([2H])([2H])C(C)(O)C([2H])([2H])[2H])C(=O)C1([2H])[2H]. The van der Waals surface area contributed by atoms with Gasteiger partial charge in [0.15, 0.2) is 11.5 Å². The van der Waals surface area contributed by atoms with Crippen LogP contribution in [0.4, 0.5) is 0 Å². The zero-order chi connectivity index (χ0) is 31.3. The lowest BCUT2D eigenvalue weighted by atomic mass is 9.79. The van der Waals surface area contributed by atoms with Gasteiger partial charge in [-0.2, -0.15) is 0 Å². The molecule has 132 valence electrons. The summed E-state index contributed by atoms with van der Waals surface area (Å²) in [6, 6.07) is 0.00846. The largest absolute Gasteiger partial charge is 0.493 e. The second kappa shape index (κ2) is 6.37. The number of fused-ring (bicyclic) bond motifs is 3. The Morgan fingerprint density at radius 3 is 2.96 bits per heavy atom. The smallest absolute Gasteiger partial charge is 0.161 e. The minimum Gasteiger partial charge on any atom is -0.493 e. The highest BCUT2D eigenvalue weighted by molar-refractivity contribution is 5.83. The summed E-state index contributed by atoms with van der Waals surface area (Å²) in [5.41, 5.74) is -3.58. The Balaban J connectivity index is 2.28. The van der Waals surface area contributed by atoms with Gasteiger partial charge in [-0.15, -0.1) is 0 Å². The van der Waals surface area contributed by atoms with Crippen LogP contribution in [0, 0.1) is 5.89 Å². The quantitative estimate of drug-likeness (QED) is 0.904. The number of rotatable bonds is 4. The highest BCUT2D eigenvalue weighted by Crippen LogP contribution is 2.42. The van der Waals surface area contributed by atoms with Crippen LogP contribution in [0.3, 0.4) is 0 Å². The van der Waals surface area contributed by atoms with E-state index in [1.54, 1.807) is 0 Å². The summed E-state index contributed by atoms with van der Waals surface area (Å²) in [5.74, 6) is -7.06. The number of hydrogen-bond donors (Lipinski definition) is 1. The molecule has 2 aliphatic heterocycles. The second-order valence-corrected chi connectivity index (χ2v) is 5.71. The fraction of sp³-hybridized carbons (Fsp3) is 0.632. The number of carbonyl (C=O) groups is 1. The number of nitrogens with zero attached hydrogens (tertiary/aromatic N) is 1. The Labute approximate surface area is 166 Å². The van der Waals surface area contributed by atoms with E-state index in [4.69, 9.17) is 31.4 Å². The highest BCUT2D eigenvalue weighted by atomic mass is 16.5. The molecule has 0 spiro atoms. The van der Waals surface area contributed by atoms with E-state index in [1.165, 1.54) is 0 Å². The zero-order valence-corrected chi connectivity index (χ0v) is 12.8. The number of methoxy groups -OCH3 is 2. The molecule has 0 aromatic heterocycles. The minimum atomic E-state index is -3.88. The first kappa shape index (κ1) is 6.29. The first-order valence-electron chi connectivity index (χ1n) is 15.1. The molecule has 3 atom stereocenters. The maximum atomic E-state index is 13.7. The molecule has 1 unspecified atom stereocenters. The summed E-state index contributed by atoms with van der Waals surface area (Å²) in [7, 11) is -6.19. The van der Waals surface area contributed by atoms with Crippen molar-refractivity contribution in [3.05, 3.63) is 23.3 Å². The van der Waals surface area contributed by atoms with E-state index in [2.05, 4.69) is 0 Å². The molecule has 2 heterocycles. The van der Waals surface area contributed by atoms with E-state index in [1.807, 2.05) is 0 Å². The van der Waals surface area contributed by atoms with Crippen LogP contribution < -0.4 is 9.47 Å². The Bertz CT molecular complexity index is 1190. The Hall–Kier alpha value is -1.59. The number of hydrogen-bond acceptors (Lipinski definition) is 5. The van der Waals surface area contributed by atoms with Crippen LogP contribution >= 0.6 is 0 Å². The molecule has 1 fully saturated rings. The van der Waals surface area contributed by atoms with Crippen molar-refractivity contribution < 1.29 is 41.3 Å². The zero-order valence-electron chi connectivity index (χ0n) is 28.8. The summed E-state index contributed by atoms with van der Waals surface area (Å²) in [6.45, 7) is -7.00. The van der Waals surface area contributed by atoms with E-state index in [9.17, 15) is 9.90 Å². The predicted octanol–water partition coefficient (Wildman–Crippen LogP) is 2.35. The van der Waals surface area contributed by atoms with Crippen LogP contribution in [0.25, 0.3) is 0 Å². The summed E-state index contributed by atoms with van der Waals surface area (Å²) in [5, 5.41) is 10.7. The van der Waals surface area contributed by atoms with Gasteiger partial charge in [0.2, 0.25) is 0 Å². The molecule has 1 N–H and O–H groups in total. The maximum Gasteiger partial charge on any atom is 0.161 e. The molecule has 5 heteroatoms. The molecule has 24 heavy (non-hydrogen) atoms. The summed E-state index contributed by atoms with van der Waals surface area (Å²) < 4.78 is 137. The van der Waals surface area contributed by atoms with Crippen LogP contribution in [0.2, 0.25) is 0 Å². The molecule has 1 aromatic carbocycles. The van der Waals surface area contributed by atoms with Gasteiger partial charge in [-0.3, -0.25) is 9.69 Å². The minimum absolute atomic E-state index is 0.126. The second-order valence-electron chi connectivity index (χ2n) is 5.71. The summed E-state index contributed by atoms with van der Waals surface area (Å²) in [6.07, 6.45) is -7.39. The topological polar surface area (TPSA) is 59.0 Å². The molecule has 2 aliphatic rings. The maximum absolute atomic E-state index is 13.7. The van der Waals surface area contributed by atoms with Crippen molar-refractivity contribution in [1.82, 2.24) is 4.90 Å². The van der Waals surface area contributed by atoms with Gasteiger partial charge in [0.05, 0.1) is 27.9 Å². The third-order valence-electron chi connectivity index (χ3n) is 3.77. The molecule has 0 aliphatic carbocycles. The van der Waals surface area contributed by atoms with Crippen molar-refractivity contribution in [2.24, 2.45) is 5.89 Å². The Morgan fingerprint density at radius 1 is 1.50 bits per heavy atom. The lowest BCUT2D eigenvalue weighted by molar-refractivity contribution is -0.131. The van der Waals surface area contributed by atoms with Gasteiger partial charge < -0.3 is 14.6 Å². The van der Waals surface area contributed by atoms with Gasteiger partial charge >= 0.3 is 0 Å². The van der Waals surface area contributed by atoms with E-state index < -0.39 is 81.5 Å². The lowest BCUT2D eigenvalue weighted by Gasteiger charge is -2.44. The van der Waals surface area contributed by atoms with Crippen molar-refractivity contribution >= 4 is 5.78 Å². The lowest BCUT2D eigenvalue weighted by Crippen LogP contribution is -2.47. The van der Waals surface area contributed by atoms with E-state index in [0.717, 1.165) is 12.1 Å². The monoisotopic (exact) mass is 349 g/mol. The molecule has 1 saturated heterocycles. The number of ketones is 1. The number of aliphatic hydroxyl groups is 1. The van der Waals surface area contributed by atoms with Crippen molar-refractivity contribution in [2.75, 3.05) is 27.1 Å². The molecule has 0 bridgehead atoms. The normalized spacial score (nSPS) is 45.6. The van der Waals surface area contributed by atoms with Gasteiger partial charge in [0.25, 0.3) is 0 Å². The van der Waals surface area contributed by atoms with Gasteiger partial charge in [0, 0.05) is 45.1 Å². The van der Waals surface area contributed by atoms with Gasteiger partial charge in [-0.25, -0.2) is 0 Å². The Morgan fingerprint density at radius 2 is 2.25 bits per heavy atom.